The van der Waals surface area contributed by atoms with Gasteiger partial charge in [-0.3, -0.25) is 4.99 Å². The van der Waals surface area contributed by atoms with Crippen LogP contribution in [0.4, 0.5) is 0 Å². The molecule has 1 aromatic heterocycles. The molecule has 0 saturated heterocycles. The van der Waals surface area contributed by atoms with E-state index in [1.165, 1.54) is 0 Å². The van der Waals surface area contributed by atoms with Gasteiger partial charge in [-0.1, -0.05) is 13.8 Å². The smallest absolute Gasteiger partial charge is 0.191 e. The van der Waals surface area contributed by atoms with Crippen LogP contribution in [0.5, 0.6) is 0 Å². The van der Waals surface area contributed by atoms with Gasteiger partial charge in [-0.25, -0.2) is 4.98 Å². The highest BCUT2D eigenvalue weighted by atomic mass is 15.2. The van der Waals surface area contributed by atoms with E-state index in [0.29, 0.717) is 18.4 Å². The molecule has 0 aliphatic rings. The van der Waals surface area contributed by atoms with Crippen LogP contribution in [0.3, 0.4) is 0 Å². The fourth-order valence-corrected chi connectivity index (χ4v) is 1.24. The van der Waals surface area contributed by atoms with Gasteiger partial charge < -0.3 is 15.2 Å². The monoisotopic (exact) mass is 223 g/mol. The van der Waals surface area contributed by atoms with Gasteiger partial charge in [0.05, 0.1) is 6.54 Å². The summed E-state index contributed by atoms with van der Waals surface area (Å²) in [5, 5.41) is 0. The molecule has 1 aromatic rings. The zero-order chi connectivity index (χ0) is 12.1. The Hall–Kier alpha value is -1.52. The predicted octanol–water partition coefficient (Wildman–Crippen LogP) is 0.823. The average Bonchev–Trinajstić information content (AvgIpc) is 2.60. The van der Waals surface area contributed by atoms with E-state index in [-0.39, 0.29) is 0 Å². The predicted molar refractivity (Wildman–Crippen MR) is 66.0 cm³/mol. The first-order chi connectivity index (χ1) is 7.50. The van der Waals surface area contributed by atoms with Crippen LogP contribution < -0.4 is 5.73 Å². The summed E-state index contributed by atoms with van der Waals surface area (Å²) in [6, 6.07) is 0. The third-order valence-electron chi connectivity index (χ3n) is 2.31. The van der Waals surface area contributed by atoms with E-state index < -0.39 is 0 Å². The molecule has 0 aliphatic heterocycles. The van der Waals surface area contributed by atoms with Gasteiger partial charge in [0, 0.05) is 33.0 Å². The highest BCUT2D eigenvalue weighted by Crippen LogP contribution is 1.99. The van der Waals surface area contributed by atoms with Gasteiger partial charge in [0.1, 0.15) is 5.82 Å². The van der Waals surface area contributed by atoms with Crippen molar-refractivity contribution in [3.05, 3.63) is 18.2 Å². The Morgan fingerprint density at radius 3 is 2.81 bits per heavy atom. The summed E-state index contributed by atoms with van der Waals surface area (Å²) in [6.45, 7) is 5.68. The highest BCUT2D eigenvalue weighted by molar-refractivity contribution is 5.77. The average molecular weight is 223 g/mol. The lowest BCUT2D eigenvalue weighted by Crippen LogP contribution is -2.34. The van der Waals surface area contributed by atoms with Gasteiger partial charge in [0.25, 0.3) is 0 Å². The van der Waals surface area contributed by atoms with E-state index in [9.17, 15) is 0 Å². The number of hydrogen-bond donors (Lipinski definition) is 1. The van der Waals surface area contributed by atoms with Gasteiger partial charge in [0.2, 0.25) is 0 Å². The first-order valence-electron chi connectivity index (χ1n) is 5.48. The maximum absolute atomic E-state index is 5.87. The molecule has 1 rings (SSSR count). The van der Waals surface area contributed by atoms with E-state index in [1.807, 2.05) is 29.8 Å². The second-order valence-corrected chi connectivity index (χ2v) is 4.40. The molecule has 90 valence electrons. The normalized spacial score (nSPS) is 12.2. The molecular formula is C11H21N5. The summed E-state index contributed by atoms with van der Waals surface area (Å²) in [5.74, 6) is 2.07. The third-order valence-corrected chi connectivity index (χ3v) is 2.31. The first-order valence-corrected chi connectivity index (χ1v) is 5.48. The molecule has 1 heterocycles. The van der Waals surface area contributed by atoms with Crippen molar-refractivity contribution < 1.29 is 0 Å². The van der Waals surface area contributed by atoms with Crippen LogP contribution in [0.25, 0.3) is 0 Å². The van der Waals surface area contributed by atoms with Crippen molar-refractivity contribution in [1.82, 2.24) is 14.5 Å². The second-order valence-electron chi connectivity index (χ2n) is 4.40. The molecule has 0 bridgehead atoms. The number of hydrogen-bond acceptors (Lipinski definition) is 2. The Bertz CT molecular complexity index is 353. The zero-order valence-electron chi connectivity index (χ0n) is 10.5. The molecule has 16 heavy (non-hydrogen) atoms. The van der Waals surface area contributed by atoms with Crippen molar-refractivity contribution in [2.24, 2.45) is 23.7 Å². The summed E-state index contributed by atoms with van der Waals surface area (Å²) in [4.78, 5) is 10.5. The van der Waals surface area contributed by atoms with Gasteiger partial charge in [-0.05, 0) is 5.92 Å². The van der Waals surface area contributed by atoms with E-state index >= 15 is 0 Å². The molecule has 5 heteroatoms. The Balaban J connectivity index is 2.55. The Labute approximate surface area is 97.0 Å². The lowest BCUT2D eigenvalue weighted by atomic mass is 10.2. The van der Waals surface area contributed by atoms with E-state index in [1.54, 1.807) is 6.20 Å². The minimum Gasteiger partial charge on any atom is -0.370 e. The van der Waals surface area contributed by atoms with Crippen LogP contribution in [0.2, 0.25) is 0 Å². The van der Waals surface area contributed by atoms with Crippen molar-refractivity contribution in [2.45, 2.75) is 20.4 Å². The molecule has 0 unspecified atom stereocenters. The van der Waals surface area contributed by atoms with Crippen molar-refractivity contribution >= 4 is 5.96 Å². The molecule has 0 radical (unpaired) electrons. The lowest BCUT2D eigenvalue weighted by molar-refractivity contribution is 0.464. The maximum Gasteiger partial charge on any atom is 0.191 e. The number of nitrogens with two attached hydrogens (primary N) is 1. The summed E-state index contributed by atoms with van der Waals surface area (Å²) < 4.78 is 1.98. The Kier molecular flexibility index (Phi) is 4.34. The first kappa shape index (κ1) is 12.5. The summed E-state index contributed by atoms with van der Waals surface area (Å²) >= 11 is 0. The standard InChI is InChI=1S/C11H21N5/c1-9(2)7-14-11(12)16(4)8-10-13-5-6-15(10)3/h5-6,9H,7-8H2,1-4H3,(H2,12,14). The zero-order valence-corrected chi connectivity index (χ0v) is 10.5. The lowest BCUT2D eigenvalue weighted by Gasteiger charge is -2.17. The highest BCUT2D eigenvalue weighted by Gasteiger charge is 2.06. The molecule has 0 aliphatic carbocycles. The van der Waals surface area contributed by atoms with E-state index in [2.05, 4.69) is 23.8 Å². The molecular weight excluding hydrogens is 202 g/mol. The third kappa shape index (κ3) is 3.56. The molecule has 0 atom stereocenters. The van der Waals surface area contributed by atoms with Crippen molar-refractivity contribution in [3.8, 4) is 0 Å². The van der Waals surface area contributed by atoms with Crippen LogP contribution in [0.1, 0.15) is 19.7 Å². The molecule has 0 aromatic carbocycles. The summed E-state index contributed by atoms with van der Waals surface area (Å²) in [5.41, 5.74) is 5.87. The van der Waals surface area contributed by atoms with Crippen LogP contribution >= 0.6 is 0 Å². The van der Waals surface area contributed by atoms with Gasteiger partial charge >= 0.3 is 0 Å². The quantitative estimate of drug-likeness (QED) is 0.607. The number of aryl methyl sites for hydroxylation is 1. The second kappa shape index (κ2) is 5.53. The topological polar surface area (TPSA) is 59.4 Å². The fraction of sp³-hybridized carbons (Fsp3) is 0.636. The van der Waals surface area contributed by atoms with Gasteiger partial charge in [-0.15, -0.1) is 0 Å². The minimum absolute atomic E-state index is 0.528. The summed E-state index contributed by atoms with van der Waals surface area (Å²) in [6.07, 6.45) is 3.70. The molecule has 0 spiro atoms. The van der Waals surface area contributed by atoms with Crippen LogP contribution in [0, 0.1) is 5.92 Å². The number of aliphatic imine (C=N–C) groups is 1. The number of nitrogens with zero attached hydrogens (tertiary/aromatic N) is 4. The SMILES string of the molecule is CC(C)CN=C(N)N(C)Cc1nccn1C. The van der Waals surface area contributed by atoms with Crippen molar-refractivity contribution in [1.29, 1.82) is 0 Å². The fourth-order valence-electron chi connectivity index (χ4n) is 1.24. The number of aromatic nitrogens is 2. The van der Waals surface area contributed by atoms with Gasteiger partial charge in [-0.2, -0.15) is 0 Å². The number of imidazole rings is 1. The molecule has 0 saturated carbocycles. The van der Waals surface area contributed by atoms with Crippen molar-refractivity contribution in [2.75, 3.05) is 13.6 Å². The maximum atomic E-state index is 5.87. The number of rotatable bonds is 4. The largest absolute Gasteiger partial charge is 0.370 e. The van der Waals surface area contributed by atoms with Crippen molar-refractivity contribution in [3.63, 3.8) is 0 Å². The van der Waals surface area contributed by atoms with Gasteiger partial charge in [0.15, 0.2) is 5.96 Å². The molecule has 2 N–H and O–H groups in total. The number of guanidine groups is 1. The molecule has 0 fully saturated rings. The Morgan fingerprint density at radius 2 is 2.31 bits per heavy atom. The molecule has 5 nitrogen and oxygen atoms in total. The summed E-state index contributed by atoms with van der Waals surface area (Å²) in [7, 11) is 3.89. The minimum atomic E-state index is 0.528. The van der Waals surface area contributed by atoms with E-state index in [4.69, 9.17) is 5.73 Å². The molecule has 0 amide bonds. The van der Waals surface area contributed by atoms with Crippen LogP contribution in [-0.2, 0) is 13.6 Å². The van der Waals surface area contributed by atoms with E-state index in [0.717, 1.165) is 12.4 Å². The van der Waals surface area contributed by atoms with Crippen LogP contribution in [-0.4, -0.2) is 34.0 Å². The van der Waals surface area contributed by atoms with Crippen LogP contribution in [0.15, 0.2) is 17.4 Å². The Morgan fingerprint density at radius 1 is 1.62 bits per heavy atom.